The maximum Gasteiger partial charge on any atom is 0.117 e. The van der Waals surface area contributed by atoms with E-state index in [4.69, 9.17) is 4.42 Å². The van der Waals surface area contributed by atoms with Gasteiger partial charge >= 0.3 is 0 Å². The summed E-state index contributed by atoms with van der Waals surface area (Å²) in [6.07, 6.45) is 0.575. The lowest BCUT2D eigenvalue weighted by atomic mass is 10.1. The molecular weight excluding hydrogens is 190 g/mol. The Labute approximate surface area is 91.5 Å². The standard InChI is InChI=1S/C12H21NO2/c1-9(2)6-11(14)7-13-8-12-5-4-10(3)15-12/h4-5,9,11,13-14H,6-8H2,1-3H3. The van der Waals surface area contributed by atoms with Gasteiger partial charge in [0.2, 0.25) is 0 Å². The van der Waals surface area contributed by atoms with E-state index in [0.717, 1.165) is 17.9 Å². The maximum atomic E-state index is 9.61. The van der Waals surface area contributed by atoms with E-state index in [1.165, 1.54) is 0 Å². The van der Waals surface area contributed by atoms with Crippen molar-refractivity contribution >= 4 is 0 Å². The summed E-state index contributed by atoms with van der Waals surface area (Å²) >= 11 is 0. The van der Waals surface area contributed by atoms with Gasteiger partial charge < -0.3 is 14.8 Å². The monoisotopic (exact) mass is 211 g/mol. The molecule has 3 nitrogen and oxygen atoms in total. The molecule has 1 rings (SSSR count). The van der Waals surface area contributed by atoms with Crippen molar-refractivity contribution in [1.82, 2.24) is 5.32 Å². The summed E-state index contributed by atoms with van der Waals surface area (Å²) in [5, 5.41) is 12.8. The molecule has 1 atom stereocenters. The van der Waals surface area contributed by atoms with Crippen LogP contribution in [-0.4, -0.2) is 17.8 Å². The van der Waals surface area contributed by atoms with Gasteiger partial charge in [0, 0.05) is 6.54 Å². The van der Waals surface area contributed by atoms with Crippen LogP contribution in [0.3, 0.4) is 0 Å². The summed E-state index contributed by atoms with van der Waals surface area (Å²) < 4.78 is 5.40. The van der Waals surface area contributed by atoms with Crippen LogP contribution in [0.15, 0.2) is 16.5 Å². The van der Waals surface area contributed by atoms with Gasteiger partial charge in [0.15, 0.2) is 0 Å². The molecule has 0 saturated heterocycles. The van der Waals surface area contributed by atoms with E-state index in [9.17, 15) is 5.11 Å². The first-order chi connectivity index (χ1) is 7.08. The van der Waals surface area contributed by atoms with Gasteiger partial charge in [-0.25, -0.2) is 0 Å². The van der Waals surface area contributed by atoms with E-state index < -0.39 is 0 Å². The second-order valence-corrected chi connectivity index (χ2v) is 4.43. The quantitative estimate of drug-likeness (QED) is 0.757. The van der Waals surface area contributed by atoms with Crippen LogP contribution in [0.25, 0.3) is 0 Å². The topological polar surface area (TPSA) is 45.4 Å². The van der Waals surface area contributed by atoms with Crippen LogP contribution in [0.1, 0.15) is 31.8 Å². The molecule has 0 spiro atoms. The van der Waals surface area contributed by atoms with Crippen molar-refractivity contribution in [1.29, 1.82) is 0 Å². The molecule has 1 heterocycles. The van der Waals surface area contributed by atoms with Crippen molar-refractivity contribution in [2.45, 2.75) is 39.8 Å². The maximum absolute atomic E-state index is 9.61. The fourth-order valence-electron chi connectivity index (χ4n) is 1.57. The third-order valence-electron chi connectivity index (χ3n) is 2.22. The minimum absolute atomic E-state index is 0.263. The normalized spacial score (nSPS) is 13.4. The summed E-state index contributed by atoms with van der Waals surface area (Å²) in [5.74, 6) is 2.38. The third-order valence-corrected chi connectivity index (χ3v) is 2.22. The first-order valence-corrected chi connectivity index (χ1v) is 5.52. The second-order valence-electron chi connectivity index (χ2n) is 4.43. The van der Waals surface area contributed by atoms with E-state index in [0.29, 0.717) is 19.0 Å². The van der Waals surface area contributed by atoms with Gasteiger partial charge in [0.05, 0.1) is 12.6 Å². The highest BCUT2D eigenvalue weighted by atomic mass is 16.3. The van der Waals surface area contributed by atoms with Crippen molar-refractivity contribution in [3.05, 3.63) is 23.7 Å². The van der Waals surface area contributed by atoms with Crippen LogP contribution in [0.4, 0.5) is 0 Å². The Kier molecular flexibility index (Phi) is 4.85. The Hall–Kier alpha value is -0.800. The molecule has 2 N–H and O–H groups in total. The molecule has 0 aliphatic heterocycles. The van der Waals surface area contributed by atoms with Gasteiger partial charge in [0.25, 0.3) is 0 Å². The summed E-state index contributed by atoms with van der Waals surface area (Å²) in [6.45, 7) is 7.45. The average molecular weight is 211 g/mol. The van der Waals surface area contributed by atoms with Gasteiger partial charge in [-0.05, 0) is 31.4 Å². The predicted octanol–water partition coefficient (Wildman–Crippen LogP) is 2.08. The number of aliphatic hydroxyl groups is 1. The predicted molar refractivity (Wildman–Crippen MR) is 60.6 cm³/mol. The number of hydrogen-bond donors (Lipinski definition) is 2. The van der Waals surface area contributed by atoms with Crippen LogP contribution in [0.5, 0.6) is 0 Å². The van der Waals surface area contributed by atoms with E-state index >= 15 is 0 Å². The molecule has 0 aliphatic rings. The van der Waals surface area contributed by atoms with Crippen LogP contribution in [0, 0.1) is 12.8 Å². The molecule has 0 fully saturated rings. The molecule has 15 heavy (non-hydrogen) atoms. The first-order valence-electron chi connectivity index (χ1n) is 5.52. The van der Waals surface area contributed by atoms with Crippen LogP contribution in [0.2, 0.25) is 0 Å². The lowest BCUT2D eigenvalue weighted by Gasteiger charge is -2.13. The van der Waals surface area contributed by atoms with Gasteiger partial charge in [-0.3, -0.25) is 0 Å². The van der Waals surface area contributed by atoms with Crippen molar-refractivity contribution in [3.63, 3.8) is 0 Å². The summed E-state index contributed by atoms with van der Waals surface area (Å²) in [6, 6.07) is 3.90. The number of rotatable bonds is 6. The van der Waals surface area contributed by atoms with Crippen molar-refractivity contribution < 1.29 is 9.52 Å². The van der Waals surface area contributed by atoms with E-state index in [1.807, 2.05) is 19.1 Å². The van der Waals surface area contributed by atoms with Gasteiger partial charge in [-0.2, -0.15) is 0 Å². The molecule has 1 aromatic heterocycles. The molecule has 3 heteroatoms. The van der Waals surface area contributed by atoms with Gasteiger partial charge in [0.1, 0.15) is 11.5 Å². The molecule has 1 unspecified atom stereocenters. The SMILES string of the molecule is Cc1ccc(CNCC(O)CC(C)C)o1. The Morgan fingerprint density at radius 3 is 2.67 bits per heavy atom. The van der Waals surface area contributed by atoms with Crippen molar-refractivity contribution in [3.8, 4) is 0 Å². The zero-order valence-corrected chi connectivity index (χ0v) is 9.79. The Bertz CT molecular complexity index is 281. The number of aryl methyl sites for hydroxylation is 1. The summed E-state index contributed by atoms with van der Waals surface area (Å²) in [7, 11) is 0. The number of hydrogen-bond acceptors (Lipinski definition) is 3. The highest BCUT2D eigenvalue weighted by Crippen LogP contribution is 2.06. The zero-order chi connectivity index (χ0) is 11.3. The molecule has 0 aliphatic carbocycles. The number of aliphatic hydroxyl groups excluding tert-OH is 1. The smallest absolute Gasteiger partial charge is 0.117 e. The zero-order valence-electron chi connectivity index (χ0n) is 9.79. The minimum atomic E-state index is -0.263. The highest BCUT2D eigenvalue weighted by Gasteiger charge is 2.06. The Morgan fingerprint density at radius 2 is 2.13 bits per heavy atom. The fourth-order valence-corrected chi connectivity index (χ4v) is 1.57. The molecule has 1 aromatic rings. The summed E-state index contributed by atoms with van der Waals surface area (Å²) in [5.41, 5.74) is 0. The Balaban J connectivity index is 2.16. The minimum Gasteiger partial charge on any atom is -0.465 e. The van der Waals surface area contributed by atoms with Gasteiger partial charge in [-0.15, -0.1) is 0 Å². The molecule has 0 amide bonds. The molecule has 0 saturated carbocycles. The second kappa shape index (κ2) is 5.93. The van der Waals surface area contributed by atoms with E-state index in [-0.39, 0.29) is 6.10 Å². The van der Waals surface area contributed by atoms with Crippen LogP contribution in [-0.2, 0) is 6.54 Å². The number of nitrogens with one attached hydrogen (secondary N) is 1. The van der Waals surface area contributed by atoms with Crippen LogP contribution >= 0.6 is 0 Å². The molecule has 0 bridgehead atoms. The highest BCUT2D eigenvalue weighted by molar-refractivity contribution is 5.05. The van der Waals surface area contributed by atoms with E-state index in [2.05, 4.69) is 19.2 Å². The Morgan fingerprint density at radius 1 is 1.40 bits per heavy atom. The molecule has 0 radical (unpaired) electrons. The molecule has 0 aromatic carbocycles. The molecular formula is C12H21NO2. The number of furan rings is 1. The van der Waals surface area contributed by atoms with Crippen molar-refractivity contribution in [2.75, 3.05) is 6.54 Å². The largest absolute Gasteiger partial charge is 0.465 e. The van der Waals surface area contributed by atoms with E-state index in [1.54, 1.807) is 0 Å². The summed E-state index contributed by atoms with van der Waals surface area (Å²) in [4.78, 5) is 0. The van der Waals surface area contributed by atoms with Crippen LogP contribution < -0.4 is 5.32 Å². The molecule has 86 valence electrons. The fraction of sp³-hybridized carbons (Fsp3) is 0.667. The van der Waals surface area contributed by atoms with Crippen molar-refractivity contribution in [2.24, 2.45) is 5.92 Å². The lowest BCUT2D eigenvalue weighted by molar-refractivity contribution is 0.145. The third kappa shape index (κ3) is 5.00. The first kappa shape index (κ1) is 12.3. The average Bonchev–Trinajstić information content (AvgIpc) is 2.50. The lowest BCUT2D eigenvalue weighted by Crippen LogP contribution is -2.27. The van der Waals surface area contributed by atoms with Gasteiger partial charge in [-0.1, -0.05) is 13.8 Å².